The van der Waals surface area contributed by atoms with Gasteiger partial charge in [-0.25, -0.2) is 8.42 Å². The summed E-state index contributed by atoms with van der Waals surface area (Å²) in [4.78, 5) is 23.3. The van der Waals surface area contributed by atoms with Crippen LogP contribution in [0.2, 0.25) is 0 Å². The van der Waals surface area contributed by atoms with E-state index in [0.717, 1.165) is 6.26 Å². The van der Waals surface area contributed by atoms with E-state index in [9.17, 15) is 18.0 Å². The van der Waals surface area contributed by atoms with Gasteiger partial charge in [0.25, 0.3) is 0 Å². The minimum atomic E-state index is -3.04. The number of rotatable bonds is 3. The first-order valence-electron chi connectivity index (χ1n) is 4.09. The van der Waals surface area contributed by atoms with Crippen LogP contribution in [0.4, 0.5) is 0 Å². The van der Waals surface area contributed by atoms with Gasteiger partial charge in [-0.3, -0.25) is 19.8 Å². The van der Waals surface area contributed by atoms with Crippen LogP contribution in [0, 0.1) is 0 Å². The van der Waals surface area contributed by atoms with Gasteiger partial charge in [-0.05, 0) is 0 Å². The third kappa shape index (κ3) is 3.84. The van der Waals surface area contributed by atoms with Gasteiger partial charge in [0, 0.05) is 12.8 Å². The number of carbonyl (C=O) groups excluding carboxylic acids is 2. The Bertz CT molecular complexity index is 333. The summed E-state index contributed by atoms with van der Waals surface area (Å²) in [5.74, 6) is -0.794. The topological polar surface area (TPSA) is 83.6 Å². The molecule has 0 aromatic carbocycles. The molecule has 1 saturated heterocycles. The summed E-state index contributed by atoms with van der Waals surface area (Å²) in [6.45, 7) is 0.389. The SMILES string of the molecule is CS(=O)(=O)CCN1CC(=O)NC(=O)C1. The van der Waals surface area contributed by atoms with Crippen molar-refractivity contribution in [1.82, 2.24) is 10.2 Å². The number of hydrogen-bond acceptors (Lipinski definition) is 5. The van der Waals surface area contributed by atoms with Crippen LogP contribution < -0.4 is 5.32 Å². The molecule has 0 aromatic heterocycles. The highest BCUT2D eigenvalue weighted by molar-refractivity contribution is 7.90. The van der Waals surface area contributed by atoms with Gasteiger partial charge >= 0.3 is 0 Å². The molecule has 0 atom stereocenters. The lowest BCUT2D eigenvalue weighted by Gasteiger charge is -2.24. The van der Waals surface area contributed by atoms with E-state index in [1.165, 1.54) is 4.90 Å². The van der Waals surface area contributed by atoms with E-state index in [2.05, 4.69) is 5.32 Å². The molecule has 1 fully saturated rings. The summed E-state index contributed by atoms with van der Waals surface area (Å²) in [5.41, 5.74) is 0. The number of hydrogen-bond donors (Lipinski definition) is 1. The van der Waals surface area contributed by atoms with E-state index in [1.54, 1.807) is 0 Å². The van der Waals surface area contributed by atoms with Crippen LogP contribution in [0.3, 0.4) is 0 Å². The normalized spacial score (nSPS) is 19.5. The highest BCUT2D eigenvalue weighted by Crippen LogP contribution is 1.95. The zero-order chi connectivity index (χ0) is 10.8. The van der Waals surface area contributed by atoms with Crippen LogP contribution >= 0.6 is 0 Å². The third-order valence-electron chi connectivity index (χ3n) is 1.79. The van der Waals surface area contributed by atoms with E-state index in [0.29, 0.717) is 0 Å². The zero-order valence-electron chi connectivity index (χ0n) is 7.82. The van der Waals surface area contributed by atoms with Gasteiger partial charge < -0.3 is 0 Å². The summed E-state index contributed by atoms with van der Waals surface area (Å²) >= 11 is 0. The molecule has 2 amide bonds. The molecule has 0 radical (unpaired) electrons. The number of sulfone groups is 1. The standard InChI is InChI=1S/C7H12N2O4S/c1-14(12,13)3-2-9-4-6(10)8-7(11)5-9/h2-5H2,1H3,(H,8,10,11). The molecule has 0 bridgehead atoms. The molecule has 1 heterocycles. The quantitative estimate of drug-likeness (QED) is 0.556. The van der Waals surface area contributed by atoms with E-state index in [4.69, 9.17) is 0 Å². The van der Waals surface area contributed by atoms with Gasteiger partial charge in [-0.1, -0.05) is 0 Å². The van der Waals surface area contributed by atoms with Gasteiger partial charge in [0.1, 0.15) is 9.84 Å². The van der Waals surface area contributed by atoms with Gasteiger partial charge in [0.15, 0.2) is 0 Å². The highest BCUT2D eigenvalue weighted by Gasteiger charge is 2.22. The Labute approximate surface area is 82.2 Å². The molecule has 7 heteroatoms. The van der Waals surface area contributed by atoms with Crippen molar-refractivity contribution < 1.29 is 18.0 Å². The predicted molar refractivity (Wildman–Crippen MR) is 49.3 cm³/mol. The summed E-state index contributed by atoms with van der Waals surface area (Å²) in [7, 11) is -3.04. The first kappa shape index (κ1) is 11.1. The van der Waals surface area contributed by atoms with E-state index in [1.807, 2.05) is 0 Å². The molecule has 0 spiro atoms. The summed E-state index contributed by atoms with van der Waals surface area (Å²) < 4.78 is 21.6. The van der Waals surface area contributed by atoms with Crippen molar-refractivity contribution >= 4 is 21.7 Å². The Balaban J connectivity index is 2.45. The van der Waals surface area contributed by atoms with Crippen LogP contribution in [0.5, 0.6) is 0 Å². The van der Waals surface area contributed by atoms with Crippen LogP contribution in [0.25, 0.3) is 0 Å². The van der Waals surface area contributed by atoms with Gasteiger partial charge in [-0.2, -0.15) is 0 Å². The fraction of sp³-hybridized carbons (Fsp3) is 0.714. The molecule has 0 aromatic rings. The van der Waals surface area contributed by atoms with Crippen molar-refractivity contribution in [3.05, 3.63) is 0 Å². The smallest absolute Gasteiger partial charge is 0.240 e. The van der Waals surface area contributed by atoms with E-state index < -0.39 is 9.84 Å². The van der Waals surface area contributed by atoms with Crippen LogP contribution in [0.1, 0.15) is 0 Å². The van der Waals surface area contributed by atoms with Gasteiger partial charge in [-0.15, -0.1) is 0 Å². The number of imide groups is 1. The Hall–Kier alpha value is -0.950. The second-order valence-corrected chi connectivity index (χ2v) is 5.57. The summed E-state index contributed by atoms with van der Waals surface area (Å²) in [6.07, 6.45) is 1.12. The maximum absolute atomic E-state index is 10.9. The van der Waals surface area contributed by atoms with Crippen molar-refractivity contribution in [2.24, 2.45) is 0 Å². The first-order chi connectivity index (χ1) is 6.37. The maximum atomic E-state index is 10.9. The molecule has 1 aliphatic heterocycles. The lowest BCUT2D eigenvalue weighted by Crippen LogP contribution is -2.52. The number of nitrogens with zero attached hydrogens (tertiary/aromatic N) is 1. The number of nitrogens with one attached hydrogen (secondary N) is 1. The zero-order valence-corrected chi connectivity index (χ0v) is 8.63. The molecule has 1 aliphatic rings. The molecular weight excluding hydrogens is 208 g/mol. The maximum Gasteiger partial charge on any atom is 0.240 e. The van der Waals surface area contributed by atoms with Crippen molar-refractivity contribution in [2.75, 3.05) is 31.6 Å². The van der Waals surface area contributed by atoms with Crippen molar-refractivity contribution in [1.29, 1.82) is 0 Å². The largest absolute Gasteiger partial charge is 0.294 e. The lowest BCUT2D eigenvalue weighted by molar-refractivity contribution is -0.135. The first-order valence-corrected chi connectivity index (χ1v) is 6.15. The van der Waals surface area contributed by atoms with Gasteiger partial charge in [0.05, 0.1) is 18.8 Å². The van der Waals surface area contributed by atoms with E-state index >= 15 is 0 Å². The van der Waals surface area contributed by atoms with E-state index in [-0.39, 0.29) is 37.2 Å². The monoisotopic (exact) mass is 220 g/mol. The summed E-state index contributed by atoms with van der Waals surface area (Å²) in [5, 5.41) is 2.14. The average molecular weight is 220 g/mol. The third-order valence-corrected chi connectivity index (χ3v) is 2.72. The molecule has 1 rings (SSSR count). The molecule has 6 nitrogen and oxygen atoms in total. The number of amides is 2. The van der Waals surface area contributed by atoms with Crippen LogP contribution in [0.15, 0.2) is 0 Å². The summed E-state index contributed by atoms with van der Waals surface area (Å²) in [6, 6.07) is 0. The molecule has 0 aliphatic carbocycles. The fourth-order valence-electron chi connectivity index (χ4n) is 1.15. The minimum Gasteiger partial charge on any atom is -0.294 e. The second kappa shape index (κ2) is 4.05. The predicted octanol–water partition coefficient (Wildman–Crippen LogP) is -2.01. The number of piperazine rings is 1. The Kier molecular flexibility index (Phi) is 3.22. The Morgan fingerprint density at radius 2 is 1.79 bits per heavy atom. The molecule has 14 heavy (non-hydrogen) atoms. The Morgan fingerprint density at radius 3 is 2.21 bits per heavy atom. The molecule has 0 unspecified atom stereocenters. The second-order valence-electron chi connectivity index (χ2n) is 3.31. The Morgan fingerprint density at radius 1 is 1.29 bits per heavy atom. The van der Waals surface area contributed by atoms with Crippen LogP contribution in [-0.2, 0) is 19.4 Å². The van der Waals surface area contributed by atoms with Gasteiger partial charge in [0.2, 0.25) is 11.8 Å². The number of carbonyl (C=O) groups is 2. The van der Waals surface area contributed by atoms with Crippen molar-refractivity contribution in [3.63, 3.8) is 0 Å². The van der Waals surface area contributed by atoms with Crippen molar-refractivity contribution in [3.8, 4) is 0 Å². The highest BCUT2D eigenvalue weighted by atomic mass is 32.2. The average Bonchev–Trinajstić information content (AvgIpc) is 1.97. The fourth-order valence-corrected chi connectivity index (χ4v) is 1.74. The van der Waals surface area contributed by atoms with Crippen LogP contribution in [-0.4, -0.2) is 56.8 Å². The molecular formula is C7H12N2O4S. The lowest BCUT2D eigenvalue weighted by atomic mass is 10.3. The minimum absolute atomic E-state index is 0.0342. The molecule has 0 saturated carbocycles. The molecule has 80 valence electrons. The van der Waals surface area contributed by atoms with Crippen molar-refractivity contribution in [2.45, 2.75) is 0 Å². The molecule has 1 N–H and O–H groups in total.